The van der Waals surface area contributed by atoms with Gasteiger partial charge in [-0.15, -0.1) is 0 Å². The van der Waals surface area contributed by atoms with Gasteiger partial charge >= 0.3 is 6.03 Å². The Hall–Kier alpha value is -3.87. The maximum atomic E-state index is 13.0. The highest BCUT2D eigenvalue weighted by atomic mass is 16.2. The van der Waals surface area contributed by atoms with Gasteiger partial charge in [0.25, 0.3) is 5.91 Å². The zero-order valence-corrected chi connectivity index (χ0v) is 19.3. The number of piperazine rings is 1. The van der Waals surface area contributed by atoms with Gasteiger partial charge in [0.15, 0.2) is 0 Å². The molecule has 0 unspecified atom stereocenters. The van der Waals surface area contributed by atoms with Crippen LogP contribution in [0.2, 0.25) is 0 Å². The summed E-state index contributed by atoms with van der Waals surface area (Å²) in [6, 6.07) is 17.3. The molecule has 0 bridgehead atoms. The Morgan fingerprint density at radius 3 is 1.97 bits per heavy atom. The van der Waals surface area contributed by atoms with E-state index in [2.05, 4.69) is 10.3 Å². The van der Waals surface area contributed by atoms with Crippen molar-refractivity contribution in [1.29, 1.82) is 0 Å². The summed E-state index contributed by atoms with van der Waals surface area (Å²) in [6.45, 7) is 6.00. The van der Waals surface area contributed by atoms with E-state index in [1.807, 2.05) is 85.3 Å². The Labute approximate surface area is 194 Å². The lowest BCUT2D eigenvalue weighted by Gasteiger charge is -2.35. The fourth-order valence-electron chi connectivity index (χ4n) is 4.04. The minimum absolute atomic E-state index is 0.0112. The maximum absolute atomic E-state index is 13.0. The van der Waals surface area contributed by atoms with E-state index in [0.717, 1.165) is 28.2 Å². The highest BCUT2D eigenvalue weighted by Gasteiger charge is 2.25. The van der Waals surface area contributed by atoms with Gasteiger partial charge in [0.2, 0.25) is 0 Å². The van der Waals surface area contributed by atoms with Crippen molar-refractivity contribution in [2.24, 2.45) is 0 Å². The Morgan fingerprint density at radius 1 is 0.818 bits per heavy atom. The van der Waals surface area contributed by atoms with Gasteiger partial charge < -0.3 is 20.0 Å². The van der Waals surface area contributed by atoms with E-state index in [4.69, 9.17) is 0 Å². The number of hydrogen-bond acceptors (Lipinski definition) is 4. The molecule has 2 heterocycles. The molecule has 33 heavy (non-hydrogen) atoms. The van der Waals surface area contributed by atoms with Gasteiger partial charge in [-0.2, -0.15) is 0 Å². The number of aromatic nitrogens is 1. The molecular formula is C26H29N5O2. The molecule has 0 aliphatic carbocycles. The molecule has 0 atom stereocenters. The molecular weight excluding hydrogens is 414 g/mol. The number of amides is 3. The number of hydrogen-bond donors (Lipinski definition) is 1. The molecule has 0 radical (unpaired) electrons. The zero-order valence-electron chi connectivity index (χ0n) is 19.3. The quantitative estimate of drug-likeness (QED) is 0.647. The normalized spacial score (nSPS) is 13.5. The number of rotatable bonds is 4. The van der Waals surface area contributed by atoms with Crippen molar-refractivity contribution in [3.63, 3.8) is 0 Å². The number of aryl methyl sites for hydroxylation is 2. The minimum atomic E-state index is -0.122. The molecule has 0 saturated carbocycles. The first-order valence-corrected chi connectivity index (χ1v) is 11.1. The standard InChI is InChI=1S/C26H29N5O2/c1-19-5-4-6-20(2)24(19)28-26(33)31-17-15-30(16-18-31)25(32)21-7-9-22(10-8-21)29(3)23-11-13-27-14-12-23/h4-14H,15-18H2,1-3H3,(H,28,33). The molecule has 1 fully saturated rings. The molecule has 170 valence electrons. The van der Waals surface area contributed by atoms with Crippen LogP contribution in [0.5, 0.6) is 0 Å². The SMILES string of the molecule is Cc1cccc(C)c1NC(=O)N1CCN(C(=O)c2ccc(N(C)c3ccncc3)cc2)CC1. The van der Waals surface area contributed by atoms with Crippen LogP contribution >= 0.6 is 0 Å². The number of benzene rings is 2. The summed E-state index contributed by atoms with van der Waals surface area (Å²) in [5, 5.41) is 3.03. The number of urea groups is 1. The highest BCUT2D eigenvalue weighted by molar-refractivity contribution is 5.95. The van der Waals surface area contributed by atoms with Crippen LogP contribution in [0.3, 0.4) is 0 Å². The van der Waals surface area contributed by atoms with Crippen LogP contribution in [0.25, 0.3) is 0 Å². The predicted molar refractivity (Wildman–Crippen MR) is 131 cm³/mol. The number of pyridine rings is 1. The van der Waals surface area contributed by atoms with Crippen molar-refractivity contribution in [2.75, 3.05) is 43.4 Å². The topological polar surface area (TPSA) is 68.8 Å². The first-order chi connectivity index (χ1) is 15.9. The molecule has 0 spiro atoms. The first kappa shape index (κ1) is 22.3. The second kappa shape index (κ2) is 9.73. The van der Waals surface area contributed by atoms with Crippen molar-refractivity contribution in [2.45, 2.75) is 13.8 Å². The predicted octanol–water partition coefficient (Wildman–Crippen LogP) is 4.46. The van der Waals surface area contributed by atoms with Gasteiger partial charge in [-0.25, -0.2) is 4.79 Å². The number of carbonyl (C=O) groups is 2. The number of nitrogens with zero attached hydrogens (tertiary/aromatic N) is 4. The van der Waals surface area contributed by atoms with Gasteiger partial charge in [0, 0.05) is 68.2 Å². The van der Waals surface area contributed by atoms with Gasteiger partial charge in [-0.05, 0) is 61.4 Å². The number of para-hydroxylation sites is 1. The second-order valence-corrected chi connectivity index (χ2v) is 8.29. The van der Waals surface area contributed by atoms with Gasteiger partial charge in [0.1, 0.15) is 0 Å². The fraction of sp³-hybridized carbons (Fsp3) is 0.269. The first-order valence-electron chi connectivity index (χ1n) is 11.1. The van der Waals surface area contributed by atoms with Crippen LogP contribution in [0.15, 0.2) is 67.0 Å². The molecule has 1 aliphatic rings. The molecule has 3 aromatic rings. The highest BCUT2D eigenvalue weighted by Crippen LogP contribution is 2.24. The van der Waals surface area contributed by atoms with Crippen LogP contribution in [0.4, 0.5) is 21.9 Å². The van der Waals surface area contributed by atoms with Gasteiger partial charge in [0.05, 0.1) is 0 Å². The van der Waals surface area contributed by atoms with Crippen molar-refractivity contribution in [3.05, 3.63) is 83.7 Å². The third kappa shape index (κ3) is 4.98. The van der Waals surface area contributed by atoms with Crippen molar-refractivity contribution < 1.29 is 9.59 Å². The summed E-state index contributed by atoms with van der Waals surface area (Å²) in [7, 11) is 1.98. The molecule has 7 heteroatoms. The van der Waals surface area contributed by atoms with E-state index in [1.165, 1.54) is 0 Å². The van der Waals surface area contributed by atoms with Crippen LogP contribution < -0.4 is 10.2 Å². The summed E-state index contributed by atoms with van der Waals surface area (Å²) in [6.07, 6.45) is 3.51. The number of nitrogens with one attached hydrogen (secondary N) is 1. The van der Waals surface area contributed by atoms with E-state index in [0.29, 0.717) is 31.7 Å². The summed E-state index contributed by atoms with van der Waals surface area (Å²) >= 11 is 0. The van der Waals surface area contributed by atoms with E-state index in [9.17, 15) is 9.59 Å². The monoisotopic (exact) mass is 443 g/mol. The van der Waals surface area contributed by atoms with Crippen molar-refractivity contribution in [3.8, 4) is 0 Å². The third-order valence-corrected chi connectivity index (χ3v) is 6.12. The number of carbonyl (C=O) groups excluding carboxylic acids is 2. The van der Waals surface area contributed by atoms with E-state index < -0.39 is 0 Å². The van der Waals surface area contributed by atoms with Crippen LogP contribution in [0.1, 0.15) is 21.5 Å². The molecule has 7 nitrogen and oxygen atoms in total. The summed E-state index contributed by atoms with van der Waals surface area (Å²) < 4.78 is 0. The second-order valence-electron chi connectivity index (χ2n) is 8.29. The Balaban J connectivity index is 1.34. The van der Waals surface area contributed by atoms with Gasteiger partial charge in [-0.1, -0.05) is 18.2 Å². The molecule has 4 rings (SSSR count). The largest absolute Gasteiger partial charge is 0.345 e. The molecule has 1 aromatic heterocycles. The third-order valence-electron chi connectivity index (χ3n) is 6.12. The van der Waals surface area contributed by atoms with Crippen molar-refractivity contribution in [1.82, 2.24) is 14.8 Å². The average Bonchev–Trinajstić information content (AvgIpc) is 2.86. The summed E-state index contributed by atoms with van der Waals surface area (Å²) in [5.74, 6) is -0.0112. The van der Waals surface area contributed by atoms with Crippen LogP contribution in [-0.2, 0) is 0 Å². The Morgan fingerprint density at radius 2 is 1.36 bits per heavy atom. The lowest BCUT2D eigenvalue weighted by molar-refractivity contribution is 0.0671. The summed E-state index contributed by atoms with van der Waals surface area (Å²) in [5.41, 5.74) is 5.60. The average molecular weight is 444 g/mol. The smallest absolute Gasteiger partial charge is 0.321 e. The van der Waals surface area contributed by atoms with E-state index >= 15 is 0 Å². The van der Waals surface area contributed by atoms with Crippen LogP contribution in [0, 0.1) is 13.8 Å². The Bertz CT molecular complexity index is 1100. The lowest BCUT2D eigenvalue weighted by atomic mass is 10.1. The van der Waals surface area contributed by atoms with E-state index in [1.54, 1.807) is 17.3 Å². The maximum Gasteiger partial charge on any atom is 0.321 e. The molecule has 2 aromatic carbocycles. The van der Waals surface area contributed by atoms with Crippen LogP contribution in [-0.4, -0.2) is 59.9 Å². The minimum Gasteiger partial charge on any atom is -0.345 e. The zero-order chi connectivity index (χ0) is 23.4. The lowest BCUT2D eigenvalue weighted by Crippen LogP contribution is -2.51. The van der Waals surface area contributed by atoms with Crippen molar-refractivity contribution >= 4 is 29.0 Å². The Kier molecular flexibility index (Phi) is 6.58. The number of anilines is 3. The molecule has 1 saturated heterocycles. The summed E-state index contributed by atoms with van der Waals surface area (Å²) in [4.78, 5) is 35.4. The fourth-order valence-corrected chi connectivity index (χ4v) is 4.04. The molecule has 3 amide bonds. The van der Waals surface area contributed by atoms with E-state index in [-0.39, 0.29) is 11.9 Å². The molecule has 1 aliphatic heterocycles. The molecule has 1 N–H and O–H groups in total. The van der Waals surface area contributed by atoms with Gasteiger partial charge in [-0.3, -0.25) is 9.78 Å².